The van der Waals surface area contributed by atoms with Gasteiger partial charge in [0.1, 0.15) is 0 Å². The van der Waals surface area contributed by atoms with Gasteiger partial charge in [0.2, 0.25) is 0 Å². The Morgan fingerprint density at radius 2 is 2.25 bits per heavy atom. The van der Waals surface area contributed by atoms with Crippen molar-refractivity contribution in [3.8, 4) is 0 Å². The lowest BCUT2D eigenvalue weighted by Gasteiger charge is -2.12. The highest BCUT2D eigenvalue weighted by atomic mass is 32.1. The normalized spacial score (nSPS) is 12.1. The lowest BCUT2D eigenvalue weighted by Crippen LogP contribution is -2.32. The molecule has 0 aliphatic rings. The number of nitrogens with one attached hydrogen (secondary N) is 1. The van der Waals surface area contributed by atoms with E-state index in [1.165, 1.54) is 11.3 Å². The third-order valence-electron chi connectivity index (χ3n) is 2.24. The second-order valence-corrected chi connectivity index (χ2v) is 4.66. The van der Waals surface area contributed by atoms with Gasteiger partial charge >= 0.3 is 5.97 Å². The van der Waals surface area contributed by atoms with Crippen molar-refractivity contribution in [2.24, 2.45) is 0 Å². The van der Waals surface area contributed by atoms with E-state index in [1.807, 2.05) is 25.3 Å². The van der Waals surface area contributed by atoms with Crippen LogP contribution in [0.15, 0.2) is 11.4 Å². The van der Waals surface area contributed by atoms with Crippen molar-refractivity contribution >= 4 is 23.2 Å². The lowest BCUT2D eigenvalue weighted by atomic mass is 10.2. The molecule has 0 saturated heterocycles. The minimum atomic E-state index is -0.839. The predicted molar refractivity (Wildman–Crippen MR) is 62.9 cm³/mol. The standard InChI is InChI=1S/C11H15NO3S/c1-7-5-6-16-10(7)11(15)12-8(2)3-4-9(13)14/h5-6,8H,3-4H2,1-2H3,(H,12,15)(H,13,14)/t8-/m1/s1. The van der Waals surface area contributed by atoms with Crippen LogP contribution in [0.1, 0.15) is 35.0 Å². The van der Waals surface area contributed by atoms with Gasteiger partial charge < -0.3 is 10.4 Å². The Balaban J connectivity index is 2.46. The first-order valence-corrected chi connectivity index (χ1v) is 5.95. The molecule has 0 saturated carbocycles. The molecule has 16 heavy (non-hydrogen) atoms. The molecule has 0 aromatic carbocycles. The van der Waals surface area contributed by atoms with Crippen molar-refractivity contribution in [1.29, 1.82) is 0 Å². The fourth-order valence-corrected chi connectivity index (χ4v) is 2.13. The Kier molecular flexibility index (Phi) is 4.49. The zero-order valence-corrected chi connectivity index (χ0v) is 10.1. The van der Waals surface area contributed by atoms with Crippen molar-refractivity contribution in [1.82, 2.24) is 5.32 Å². The van der Waals surface area contributed by atoms with E-state index in [-0.39, 0.29) is 18.4 Å². The van der Waals surface area contributed by atoms with Crippen LogP contribution < -0.4 is 5.32 Å². The van der Waals surface area contributed by atoms with Gasteiger partial charge in [-0.3, -0.25) is 9.59 Å². The van der Waals surface area contributed by atoms with Gasteiger partial charge in [-0.1, -0.05) is 0 Å². The molecule has 1 aromatic rings. The van der Waals surface area contributed by atoms with Crippen LogP contribution in [0, 0.1) is 6.92 Å². The summed E-state index contributed by atoms with van der Waals surface area (Å²) >= 11 is 1.40. The molecule has 88 valence electrons. The number of carboxylic acids is 1. The summed E-state index contributed by atoms with van der Waals surface area (Å²) in [4.78, 5) is 22.8. The Labute approximate surface area is 98.3 Å². The number of aliphatic carboxylic acids is 1. The topological polar surface area (TPSA) is 66.4 Å². The second kappa shape index (κ2) is 5.65. The van der Waals surface area contributed by atoms with Crippen molar-refractivity contribution in [3.63, 3.8) is 0 Å². The highest BCUT2D eigenvalue weighted by molar-refractivity contribution is 7.12. The Morgan fingerprint density at radius 1 is 1.56 bits per heavy atom. The first-order chi connectivity index (χ1) is 7.50. The maximum atomic E-state index is 11.7. The highest BCUT2D eigenvalue weighted by Crippen LogP contribution is 2.15. The van der Waals surface area contributed by atoms with Gasteiger partial charge in [-0.05, 0) is 37.3 Å². The summed E-state index contributed by atoms with van der Waals surface area (Å²) in [5.74, 6) is -0.959. The van der Waals surface area contributed by atoms with E-state index in [4.69, 9.17) is 5.11 Å². The summed E-state index contributed by atoms with van der Waals surface area (Å²) < 4.78 is 0. The summed E-state index contributed by atoms with van der Waals surface area (Å²) in [6, 6.07) is 1.77. The second-order valence-electron chi connectivity index (χ2n) is 3.74. The molecule has 1 aromatic heterocycles. The number of amides is 1. The summed E-state index contributed by atoms with van der Waals surface area (Å²) in [5.41, 5.74) is 0.952. The molecular weight excluding hydrogens is 226 g/mol. The van der Waals surface area contributed by atoms with Crippen LogP contribution in [-0.4, -0.2) is 23.0 Å². The van der Waals surface area contributed by atoms with Crippen LogP contribution in [0.3, 0.4) is 0 Å². The molecule has 5 heteroatoms. The van der Waals surface area contributed by atoms with Gasteiger partial charge in [0.15, 0.2) is 0 Å². The number of hydrogen-bond acceptors (Lipinski definition) is 3. The van der Waals surface area contributed by atoms with Crippen LogP contribution >= 0.6 is 11.3 Å². The summed E-state index contributed by atoms with van der Waals surface area (Å²) in [7, 11) is 0. The number of hydrogen-bond donors (Lipinski definition) is 2. The van der Waals surface area contributed by atoms with Crippen LogP contribution in [0.2, 0.25) is 0 Å². The van der Waals surface area contributed by atoms with E-state index in [1.54, 1.807) is 0 Å². The average Bonchev–Trinajstić information content (AvgIpc) is 2.61. The van der Waals surface area contributed by atoms with E-state index in [9.17, 15) is 9.59 Å². The van der Waals surface area contributed by atoms with Crippen molar-refractivity contribution in [2.75, 3.05) is 0 Å². The van der Waals surface area contributed by atoms with Gasteiger partial charge in [0, 0.05) is 12.5 Å². The molecule has 0 unspecified atom stereocenters. The van der Waals surface area contributed by atoms with E-state index in [2.05, 4.69) is 5.32 Å². The third-order valence-corrected chi connectivity index (χ3v) is 3.25. The number of rotatable bonds is 5. The highest BCUT2D eigenvalue weighted by Gasteiger charge is 2.13. The molecule has 0 aliphatic heterocycles. The number of carboxylic acid groups (broad SMARTS) is 1. The van der Waals surface area contributed by atoms with E-state index in [0.717, 1.165) is 5.56 Å². The minimum Gasteiger partial charge on any atom is -0.481 e. The maximum absolute atomic E-state index is 11.7. The summed E-state index contributed by atoms with van der Waals surface area (Å²) in [6.45, 7) is 3.69. The summed E-state index contributed by atoms with van der Waals surface area (Å²) in [5, 5.41) is 13.2. The quantitative estimate of drug-likeness (QED) is 0.829. The Bertz CT molecular complexity index is 386. The zero-order chi connectivity index (χ0) is 12.1. The molecule has 1 atom stereocenters. The Hall–Kier alpha value is -1.36. The smallest absolute Gasteiger partial charge is 0.303 e. The minimum absolute atomic E-state index is 0.0743. The summed E-state index contributed by atoms with van der Waals surface area (Å²) in [6.07, 6.45) is 0.524. The Morgan fingerprint density at radius 3 is 2.75 bits per heavy atom. The molecule has 0 aliphatic carbocycles. The first kappa shape index (κ1) is 12.7. The number of carbonyl (C=O) groups excluding carboxylic acids is 1. The maximum Gasteiger partial charge on any atom is 0.303 e. The van der Waals surface area contributed by atoms with Crippen LogP contribution in [0.5, 0.6) is 0 Å². The zero-order valence-electron chi connectivity index (χ0n) is 9.32. The van der Waals surface area contributed by atoms with E-state index >= 15 is 0 Å². The molecule has 0 bridgehead atoms. The largest absolute Gasteiger partial charge is 0.481 e. The van der Waals surface area contributed by atoms with Gasteiger partial charge in [-0.2, -0.15) is 0 Å². The molecule has 1 heterocycles. The number of carbonyl (C=O) groups is 2. The van der Waals surface area contributed by atoms with Crippen molar-refractivity contribution in [3.05, 3.63) is 21.9 Å². The molecule has 1 amide bonds. The van der Waals surface area contributed by atoms with Crippen LogP contribution in [0.25, 0.3) is 0 Å². The average molecular weight is 241 g/mol. The van der Waals surface area contributed by atoms with Crippen LogP contribution in [0.4, 0.5) is 0 Å². The lowest BCUT2D eigenvalue weighted by molar-refractivity contribution is -0.137. The molecule has 1 rings (SSSR count). The monoisotopic (exact) mass is 241 g/mol. The first-order valence-electron chi connectivity index (χ1n) is 5.07. The molecule has 2 N–H and O–H groups in total. The predicted octanol–water partition coefficient (Wildman–Crippen LogP) is 2.04. The fourth-order valence-electron chi connectivity index (χ4n) is 1.31. The van der Waals surface area contributed by atoms with Gasteiger partial charge in [0.25, 0.3) is 5.91 Å². The van der Waals surface area contributed by atoms with Crippen molar-refractivity contribution < 1.29 is 14.7 Å². The van der Waals surface area contributed by atoms with Crippen molar-refractivity contribution in [2.45, 2.75) is 32.7 Å². The molecule has 4 nitrogen and oxygen atoms in total. The van der Waals surface area contributed by atoms with Gasteiger partial charge in [0.05, 0.1) is 4.88 Å². The number of thiophene rings is 1. The van der Waals surface area contributed by atoms with Gasteiger partial charge in [-0.15, -0.1) is 11.3 Å². The number of aryl methyl sites for hydroxylation is 1. The molecule has 0 spiro atoms. The third kappa shape index (κ3) is 3.66. The fraction of sp³-hybridized carbons (Fsp3) is 0.455. The SMILES string of the molecule is Cc1ccsc1C(=O)N[C@H](C)CCC(=O)O. The molecular formula is C11H15NO3S. The molecule has 0 fully saturated rings. The molecule has 0 radical (unpaired) electrons. The van der Waals surface area contributed by atoms with Gasteiger partial charge in [-0.25, -0.2) is 0 Å². The van der Waals surface area contributed by atoms with Crippen LogP contribution in [-0.2, 0) is 4.79 Å². The van der Waals surface area contributed by atoms with E-state index in [0.29, 0.717) is 11.3 Å². The van der Waals surface area contributed by atoms with E-state index < -0.39 is 5.97 Å².